The summed E-state index contributed by atoms with van der Waals surface area (Å²) in [7, 11) is 1.59. The lowest BCUT2D eigenvalue weighted by molar-refractivity contribution is -0.140. The van der Waals surface area contributed by atoms with Gasteiger partial charge in [0.25, 0.3) is 0 Å². The van der Waals surface area contributed by atoms with Crippen LogP contribution >= 0.6 is 0 Å². The normalized spacial score (nSPS) is 12.4. The summed E-state index contributed by atoms with van der Waals surface area (Å²) in [5.74, 6) is -0.635. The standard InChI is InChI=1S/C27H26F3N7O/c1-3-9-34-21-10-16(26(32)38)7-8-18(21)20-11-24(27(28,29)30)36-25-19(20)5-4-6-23(25)37-14-22(35-15-37)17(12-31)13-33-2/h4-8,10-15,34H,3,9,31H2,1-2H3,(H2,32,38). The van der Waals surface area contributed by atoms with E-state index in [0.717, 1.165) is 12.5 Å². The van der Waals surface area contributed by atoms with Crippen molar-refractivity contribution in [2.24, 2.45) is 16.5 Å². The molecule has 0 aliphatic carbocycles. The fourth-order valence-corrected chi connectivity index (χ4v) is 4.09. The van der Waals surface area contributed by atoms with Gasteiger partial charge in [-0.15, -0.1) is 0 Å². The van der Waals surface area contributed by atoms with Crippen LogP contribution in [0.2, 0.25) is 0 Å². The average Bonchev–Trinajstić information content (AvgIpc) is 3.38. The average molecular weight is 522 g/mol. The van der Waals surface area contributed by atoms with Gasteiger partial charge in [0.2, 0.25) is 5.91 Å². The number of rotatable bonds is 8. The van der Waals surface area contributed by atoms with Crippen LogP contribution in [0, 0.1) is 0 Å². The summed E-state index contributed by atoms with van der Waals surface area (Å²) < 4.78 is 43.8. The van der Waals surface area contributed by atoms with E-state index in [1.54, 1.807) is 48.1 Å². The van der Waals surface area contributed by atoms with Gasteiger partial charge in [0.15, 0.2) is 0 Å². The highest BCUT2D eigenvalue weighted by Crippen LogP contribution is 2.39. The molecular weight excluding hydrogens is 495 g/mol. The molecule has 0 saturated heterocycles. The van der Waals surface area contributed by atoms with Crippen molar-refractivity contribution >= 4 is 34.3 Å². The predicted molar refractivity (Wildman–Crippen MR) is 143 cm³/mol. The molecule has 0 aliphatic rings. The molecule has 0 radical (unpaired) electrons. The Morgan fingerprint density at radius 1 is 1.18 bits per heavy atom. The third kappa shape index (κ3) is 5.22. The Morgan fingerprint density at radius 3 is 2.63 bits per heavy atom. The first-order chi connectivity index (χ1) is 18.2. The number of pyridine rings is 1. The maximum Gasteiger partial charge on any atom is 0.433 e. The molecule has 0 fully saturated rings. The first kappa shape index (κ1) is 26.4. The number of benzene rings is 2. The molecule has 0 unspecified atom stereocenters. The Morgan fingerprint density at radius 2 is 1.97 bits per heavy atom. The highest BCUT2D eigenvalue weighted by molar-refractivity contribution is 6.09. The van der Waals surface area contributed by atoms with Gasteiger partial charge in [-0.05, 0) is 36.2 Å². The zero-order valence-corrected chi connectivity index (χ0v) is 20.8. The number of amides is 1. The number of nitrogens with one attached hydrogen (secondary N) is 1. The number of fused-ring (bicyclic) bond motifs is 1. The number of aliphatic imine (C=N–C) groups is 1. The van der Waals surface area contributed by atoms with Crippen LogP contribution in [0.5, 0.6) is 0 Å². The number of primary amides is 1. The Balaban J connectivity index is 2.00. The summed E-state index contributed by atoms with van der Waals surface area (Å²) in [6.07, 6.45) is 2.07. The zero-order valence-electron chi connectivity index (χ0n) is 20.8. The minimum Gasteiger partial charge on any atom is -0.404 e. The van der Waals surface area contributed by atoms with Gasteiger partial charge in [-0.25, -0.2) is 9.97 Å². The van der Waals surface area contributed by atoms with E-state index in [4.69, 9.17) is 11.5 Å². The van der Waals surface area contributed by atoms with Crippen molar-refractivity contribution < 1.29 is 18.0 Å². The van der Waals surface area contributed by atoms with Gasteiger partial charge >= 0.3 is 6.18 Å². The quantitative estimate of drug-likeness (QED) is 0.281. The second-order valence-corrected chi connectivity index (χ2v) is 8.45. The van der Waals surface area contributed by atoms with Crippen molar-refractivity contribution in [1.82, 2.24) is 14.5 Å². The van der Waals surface area contributed by atoms with E-state index < -0.39 is 17.8 Å². The van der Waals surface area contributed by atoms with Crippen LogP contribution in [0.15, 0.2) is 66.2 Å². The van der Waals surface area contributed by atoms with Crippen LogP contribution in [-0.2, 0) is 6.18 Å². The van der Waals surface area contributed by atoms with E-state index in [-0.39, 0.29) is 11.1 Å². The highest BCUT2D eigenvalue weighted by Gasteiger charge is 2.34. The number of anilines is 1. The molecule has 1 amide bonds. The molecule has 196 valence electrons. The number of aromatic nitrogens is 3. The number of carbonyl (C=O) groups excluding carboxylic acids is 1. The smallest absolute Gasteiger partial charge is 0.404 e. The van der Waals surface area contributed by atoms with E-state index in [2.05, 4.69) is 20.3 Å². The SMILES string of the molecule is CCCNc1cc(C(N)=O)ccc1-c1cc(C(F)(F)F)nc2c(-n3cnc(C(C=NC)=CN)c3)cccc12. The van der Waals surface area contributed by atoms with Gasteiger partial charge < -0.3 is 21.4 Å². The number of alkyl halides is 3. The van der Waals surface area contributed by atoms with Crippen LogP contribution in [0.3, 0.4) is 0 Å². The molecule has 8 nitrogen and oxygen atoms in total. The molecule has 4 aromatic rings. The molecule has 0 aliphatic heterocycles. The van der Waals surface area contributed by atoms with Crippen molar-refractivity contribution in [1.29, 1.82) is 0 Å². The Labute approximate surface area is 216 Å². The van der Waals surface area contributed by atoms with Crippen molar-refractivity contribution in [2.45, 2.75) is 19.5 Å². The maximum atomic E-state index is 14.1. The Hall–Kier alpha value is -4.67. The van der Waals surface area contributed by atoms with Gasteiger partial charge in [0.05, 0.1) is 23.2 Å². The number of para-hydroxylation sites is 1. The largest absolute Gasteiger partial charge is 0.433 e. The monoisotopic (exact) mass is 521 g/mol. The lowest BCUT2D eigenvalue weighted by Gasteiger charge is -2.18. The van der Waals surface area contributed by atoms with Crippen LogP contribution < -0.4 is 16.8 Å². The summed E-state index contributed by atoms with van der Waals surface area (Å²) in [4.78, 5) is 24.1. The summed E-state index contributed by atoms with van der Waals surface area (Å²) in [6.45, 7) is 2.50. The minimum absolute atomic E-state index is 0.129. The van der Waals surface area contributed by atoms with Crippen LogP contribution in [0.1, 0.15) is 35.1 Å². The fourth-order valence-electron chi connectivity index (χ4n) is 4.09. The minimum atomic E-state index is -4.70. The molecule has 11 heteroatoms. The number of halogens is 3. The molecule has 0 spiro atoms. The third-order valence-electron chi connectivity index (χ3n) is 5.87. The molecule has 38 heavy (non-hydrogen) atoms. The predicted octanol–water partition coefficient (Wildman–Crippen LogP) is 5.03. The summed E-state index contributed by atoms with van der Waals surface area (Å²) in [6, 6.07) is 10.8. The van der Waals surface area contributed by atoms with Crippen molar-refractivity contribution in [3.63, 3.8) is 0 Å². The molecule has 2 aromatic carbocycles. The van der Waals surface area contributed by atoms with Crippen molar-refractivity contribution in [3.8, 4) is 16.8 Å². The summed E-state index contributed by atoms with van der Waals surface area (Å²) in [5.41, 5.74) is 13.2. The number of hydrogen-bond acceptors (Lipinski definition) is 6. The van der Waals surface area contributed by atoms with Crippen LogP contribution in [0.25, 0.3) is 33.3 Å². The van der Waals surface area contributed by atoms with Crippen molar-refractivity contribution in [3.05, 3.63) is 78.1 Å². The highest BCUT2D eigenvalue weighted by atomic mass is 19.4. The lowest BCUT2D eigenvalue weighted by Crippen LogP contribution is -2.12. The number of carbonyl (C=O) groups is 1. The number of hydrogen-bond donors (Lipinski definition) is 3. The summed E-state index contributed by atoms with van der Waals surface area (Å²) in [5, 5.41) is 3.69. The number of imidazole rings is 1. The number of nitrogens with zero attached hydrogens (tertiary/aromatic N) is 4. The van der Waals surface area contributed by atoms with Gasteiger partial charge in [-0.3, -0.25) is 9.79 Å². The van der Waals surface area contributed by atoms with E-state index in [9.17, 15) is 18.0 Å². The Kier molecular flexibility index (Phi) is 7.47. The number of nitrogens with two attached hydrogens (primary N) is 2. The first-order valence-corrected chi connectivity index (χ1v) is 11.8. The van der Waals surface area contributed by atoms with E-state index >= 15 is 0 Å². The molecule has 4 rings (SSSR count). The van der Waals surface area contributed by atoms with Gasteiger partial charge in [-0.2, -0.15) is 13.2 Å². The second kappa shape index (κ2) is 10.8. The molecular formula is C27H26F3N7O. The third-order valence-corrected chi connectivity index (χ3v) is 5.87. The molecule has 2 aromatic heterocycles. The van der Waals surface area contributed by atoms with Gasteiger partial charge in [0, 0.05) is 60.0 Å². The van der Waals surface area contributed by atoms with E-state index in [0.29, 0.717) is 45.7 Å². The number of allylic oxidation sites excluding steroid dienone is 1. The first-order valence-electron chi connectivity index (χ1n) is 11.8. The molecule has 0 saturated carbocycles. The van der Waals surface area contributed by atoms with Crippen LogP contribution in [-0.4, -0.2) is 40.2 Å². The molecule has 0 atom stereocenters. The Bertz CT molecular complexity index is 1550. The maximum absolute atomic E-state index is 14.1. The lowest BCUT2D eigenvalue weighted by atomic mass is 9.96. The summed E-state index contributed by atoms with van der Waals surface area (Å²) >= 11 is 0. The van der Waals surface area contributed by atoms with E-state index in [1.807, 2.05) is 6.92 Å². The van der Waals surface area contributed by atoms with E-state index in [1.165, 1.54) is 24.8 Å². The van der Waals surface area contributed by atoms with Gasteiger partial charge in [-0.1, -0.05) is 25.1 Å². The second-order valence-electron chi connectivity index (χ2n) is 8.45. The topological polar surface area (TPSA) is 124 Å². The fraction of sp³-hybridized carbons (Fsp3) is 0.185. The van der Waals surface area contributed by atoms with Crippen LogP contribution in [0.4, 0.5) is 18.9 Å². The van der Waals surface area contributed by atoms with Gasteiger partial charge in [0.1, 0.15) is 5.69 Å². The zero-order chi connectivity index (χ0) is 27.4. The van der Waals surface area contributed by atoms with Crippen molar-refractivity contribution in [2.75, 3.05) is 18.9 Å². The molecule has 5 N–H and O–H groups in total. The molecule has 0 bridgehead atoms. The molecule has 2 heterocycles.